The summed E-state index contributed by atoms with van der Waals surface area (Å²) in [7, 11) is 0. The molecule has 0 radical (unpaired) electrons. The molecule has 2 aliphatic rings. The van der Waals surface area contributed by atoms with Crippen molar-refractivity contribution in [3.05, 3.63) is 34.9 Å². The van der Waals surface area contributed by atoms with Gasteiger partial charge in [0.1, 0.15) is 6.04 Å². The van der Waals surface area contributed by atoms with Crippen molar-refractivity contribution in [2.75, 3.05) is 5.75 Å². The average Bonchev–Trinajstić information content (AvgIpc) is 3.05. The van der Waals surface area contributed by atoms with Gasteiger partial charge in [0.05, 0.1) is 16.0 Å². The Kier molecular flexibility index (Phi) is 7.10. The van der Waals surface area contributed by atoms with Crippen LogP contribution < -0.4 is 5.32 Å². The first-order valence-electron chi connectivity index (χ1n) is 9.96. The predicted octanol–water partition coefficient (Wildman–Crippen LogP) is 4.72. The van der Waals surface area contributed by atoms with E-state index in [2.05, 4.69) is 19.2 Å². The fourth-order valence-electron chi connectivity index (χ4n) is 3.94. The lowest BCUT2D eigenvalue weighted by Gasteiger charge is -2.31. The Labute approximate surface area is 171 Å². The van der Waals surface area contributed by atoms with Crippen LogP contribution in [0.25, 0.3) is 0 Å². The van der Waals surface area contributed by atoms with Crippen molar-refractivity contribution in [1.29, 1.82) is 0 Å². The minimum absolute atomic E-state index is 0.0101. The number of nitrogens with zero attached hydrogens (tertiary/aromatic N) is 1. The van der Waals surface area contributed by atoms with Crippen LogP contribution in [0.5, 0.6) is 0 Å². The van der Waals surface area contributed by atoms with Gasteiger partial charge in [-0.3, -0.25) is 9.59 Å². The van der Waals surface area contributed by atoms with Gasteiger partial charge in [-0.15, -0.1) is 11.8 Å². The lowest BCUT2D eigenvalue weighted by atomic mass is 9.95. The number of hydrogen-bond acceptors (Lipinski definition) is 3. The zero-order chi connectivity index (χ0) is 19.4. The van der Waals surface area contributed by atoms with Gasteiger partial charge in [-0.1, -0.05) is 56.8 Å². The minimum Gasteiger partial charge on any atom is -0.352 e. The highest BCUT2D eigenvalue weighted by molar-refractivity contribution is 8.00. The van der Waals surface area contributed by atoms with E-state index in [0.717, 1.165) is 19.3 Å². The third kappa shape index (κ3) is 5.00. The lowest BCUT2D eigenvalue weighted by Crippen LogP contribution is -2.52. The summed E-state index contributed by atoms with van der Waals surface area (Å²) in [4.78, 5) is 28.1. The number of hydrogen-bond donors (Lipinski definition) is 1. The molecule has 148 valence electrons. The molecule has 0 bridgehead atoms. The summed E-state index contributed by atoms with van der Waals surface area (Å²) >= 11 is 7.99. The molecule has 1 N–H and O–H groups in total. The summed E-state index contributed by atoms with van der Waals surface area (Å²) in [5, 5.41) is 3.66. The molecular weight excluding hydrogens is 380 g/mol. The van der Waals surface area contributed by atoms with E-state index in [1.165, 1.54) is 19.3 Å². The lowest BCUT2D eigenvalue weighted by molar-refractivity contribution is -0.125. The summed E-state index contributed by atoms with van der Waals surface area (Å²) in [6, 6.07) is 6.93. The molecule has 1 aliphatic carbocycles. The van der Waals surface area contributed by atoms with E-state index in [1.54, 1.807) is 28.8 Å². The second kappa shape index (κ2) is 9.33. The molecule has 2 unspecified atom stereocenters. The number of amides is 2. The molecule has 4 nitrogen and oxygen atoms in total. The number of rotatable bonds is 5. The fourth-order valence-corrected chi connectivity index (χ4v) is 5.80. The molecule has 0 spiro atoms. The molecule has 0 aromatic heterocycles. The number of nitrogens with one attached hydrogen (secondary N) is 1. The zero-order valence-electron chi connectivity index (χ0n) is 16.1. The molecule has 1 heterocycles. The van der Waals surface area contributed by atoms with Gasteiger partial charge in [-0.2, -0.15) is 0 Å². The Bertz CT molecular complexity index is 676. The van der Waals surface area contributed by atoms with E-state index >= 15 is 0 Å². The van der Waals surface area contributed by atoms with Crippen LogP contribution in [-0.4, -0.2) is 39.9 Å². The van der Waals surface area contributed by atoms with Crippen LogP contribution in [-0.2, 0) is 4.79 Å². The van der Waals surface area contributed by atoms with E-state index in [9.17, 15) is 9.59 Å². The number of thioether (sulfide) groups is 1. The van der Waals surface area contributed by atoms with Crippen LogP contribution in [0.1, 0.15) is 62.7 Å². The van der Waals surface area contributed by atoms with E-state index in [-0.39, 0.29) is 23.2 Å². The quantitative estimate of drug-likeness (QED) is 0.766. The van der Waals surface area contributed by atoms with Crippen LogP contribution in [0.2, 0.25) is 5.02 Å². The monoisotopic (exact) mass is 408 g/mol. The maximum absolute atomic E-state index is 13.3. The Hall–Kier alpha value is -1.20. The average molecular weight is 409 g/mol. The first kappa shape index (κ1) is 20.5. The third-order valence-electron chi connectivity index (χ3n) is 5.36. The summed E-state index contributed by atoms with van der Waals surface area (Å²) in [6.45, 7) is 4.29. The molecule has 1 aliphatic heterocycles. The first-order valence-corrected chi connectivity index (χ1v) is 11.4. The molecule has 1 saturated heterocycles. The molecule has 1 aromatic carbocycles. The standard InChI is InChI=1S/C21H29ClN2O2S/c1-14(2)12-19-24(21(26)16-10-6-7-11-17(16)22)18(13-27-19)20(25)23-15-8-4-3-5-9-15/h6-7,10-11,14-15,18-19H,3-5,8-9,12-13H2,1-2H3,(H,23,25). The number of carbonyl (C=O) groups is 2. The minimum atomic E-state index is -0.426. The van der Waals surface area contributed by atoms with Crippen molar-refractivity contribution in [3.63, 3.8) is 0 Å². The maximum atomic E-state index is 13.3. The maximum Gasteiger partial charge on any atom is 0.256 e. The molecule has 3 rings (SSSR count). The second-order valence-electron chi connectivity index (χ2n) is 7.97. The van der Waals surface area contributed by atoms with Crippen LogP contribution >= 0.6 is 23.4 Å². The van der Waals surface area contributed by atoms with Crippen molar-refractivity contribution < 1.29 is 9.59 Å². The molecular formula is C21H29ClN2O2S. The van der Waals surface area contributed by atoms with Crippen molar-refractivity contribution in [3.8, 4) is 0 Å². The number of carbonyl (C=O) groups excluding carboxylic acids is 2. The highest BCUT2D eigenvalue weighted by Gasteiger charge is 2.42. The van der Waals surface area contributed by atoms with Crippen LogP contribution in [0.4, 0.5) is 0 Å². The molecule has 6 heteroatoms. The molecule has 1 aromatic rings. The second-order valence-corrected chi connectivity index (χ2v) is 9.59. The van der Waals surface area contributed by atoms with Gasteiger partial charge in [-0.25, -0.2) is 0 Å². The Morgan fingerprint density at radius 3 is 2.59 bits per heavy atom. The van der Waals surface area contributed by atoms with Crippen molar-refractivity contribution in [2.24, 2.45) is 5.92 Å². The Morgan fingerprint density at radius 2 is 1.93 bits per heavy atom. The van der Waals surface area contributed by atoms with Gasteiger partial charge in [-0.05, 0) is 37.3 Å². The summed E-state index contributed by atoms with van der Waals surface area (Å²) in [6.07, 6.45) is 6.54. The van der Waals surface area contributed by atoms with Gasteiger partial charge in [0.25, 0.3) is 5.91 Å². The predicted molar refractivity (Wildman–Crippen MR) is 112 cm³/mol. The first-order chi connectivity index (χ1) is 13.0. The van der Waals surface area contributed by atoms with Gasteiger partial charge < -0.3 is 10.2 Å². The SMILES string of the molecule is CC(C)CC1SCC(C(=O)NC2CCCCC2)N1C(=O)c1ccccc1Cl. The van der Waals surface area contributed by atoms with Crippen molar-refractivity contribution in [1.82, 2.24) is 10.2 Å². The smallest absolute Gasteiger partial charge is 0.256 e. The topological polar surface area (TPSA) is 49.4 Å². The summed E-state index contributed by atoms with van der Waals surface area (Å²) in [5.74, 6) is 0.942. The van der Waals surface area contributed by atoms with Crippen LogP contribution in [0, 0.1) is 5.92 Å². The largest absolute Gasteiger partial charge is 0.352 e. The summed E-state index contributed by atoms with van der Waals surface area (Å²) < 4.78 is 0. The molecule has 27 heavy (non-hydrogen) atoms. The van der Waals surface area contributed by atoms with E-state index in [1.807, 2.05) is 12.1 Å². The Balaban J connectivity index is 1.80. The highest BCUT2D eigenvalue weighted by atomic mass is 35.5. The van der Waals surface area contributed by atoms with Crippen molar-refractivity contribution >= 4 is 35.2 Å². The van der Waals surface area contributed by atoms with Crippen molar-refractivity contribution in [2.45, 2.75) is 69.8 Å². The van der Waals surface area contributed by atoms with Gasteiger partial charge >= 0.3 is 0 Å². The molecule has 2 fully saturated rings. The molecule has 2 amide bonds. The van der Waals surface area contributed by atoms with Gasteiger partial charge in [0.15, 0.2) is 0 Å². The number of benzene rings is 1. The highest BCUT2D eigenvalue weighted by Crippen LogP contribution is 2.35. The van der Waals surface area contributed by atoms with Gasteiger partial charge in [0, 0.05) is 11.8 Å². The van der Waals surface area contributed by atoms with E-state index in [0.29, 0.717) is 22.3 Å². The fraction of sp³-hybridized carbons (Fsp3) is 0.619. The normalized spacial score (nSPS) is 23.6. The van der Waals surface area contributed by atoms with Gasteiger partial charge in [0.2, 0.25) is 5.91 Å². The molecule has 2 atom stereocenters. The van der Waals surface area contributed by atoms with E-state index < -0.39 is 6.04 Å². The van der Waals surface area contributed by atoms with Crippen LogP contribution in [0.3, 0.4) is 0 Å². The van der Waals surface area contributed by atoms with E-state index in [4.69, 9.17) is 11.6 Å². The molecule has 1 saturated carbocycles. The zero-order valence-corrected chi connectivity index (χ0v) is 17.7. The number of halogens is 1. The summed E-state index contributed by atoms with van der Waals surface area (Å²) in [5.41, 5.74) is 0.478. The van der Waals surface area contributed by atoms with Crippen LogP contribution in [0.15, 0.2) is 24.3 Å². The third-order valence-corrected chi connectivity index (χ3v) is 7.00. The Morgan fingerprint density at radius 1 is 1.22 bits per heavy atom.